The molecule has 3 rings (SSSR count). The van der Waals surface area contributed by atoms with Crippen LogP contribution in [-0.4, -0.2) is 40.4 Å². The summed E-state index contributed by atoms with van der Waals surface area (Å²) in [7, 11) is 0. The average molecular weight is 376 g/mol. The number of Topliss-reactive ketones (excluding diaryl/α,β-unsaturated/α-hetero) is 2. The van der Waals surface area contributed by atoms with Crippen molar-refractivity contribution in [2.45, 2.75) is 31.4 Å². The number of thioether (sulfide) groups is 2. The zero-order chi connectivity index (χ0) is 18.0. The highest BCUT2D eigenvalue weighted by molar-refractivity contribution is 8.03. The topological polar surface area (TPSA) is 54.5 Å². The van der Waals surface area contributed by atoms with Gasteiger partial charge >= 0.3 is 0 Å². The van der Waals surface area contributed by atoms with Crippen LogP contribution in [0.15, 0.2) is 40.9 Å². The molecule has 1 fully saturated rings. The molecule has 4 nitrogen and oxygen atoms in total. The number of hydrogen-bond acceptors (Lipinski definition) is 5. The standard InChI is InChI=1S/C19H21NO3S2/c1-13(21)8-10-25-19(15-6-4-3-5-7-15)12-16(14(2)22)17-20(18(19)23)9-11-24-17/h3-7H,8-12H2,1-2H3/t19-/m1/s1. The maximum atomic E-state index is 13.4. The van der Waals surface area contributed by atoms with Crippen molar-refractivity contribution in [2.75, 3.05) is 18.1 Å². The lowest BCUT2D eigenvalue weighted by atomic mass is 9.86. The van der Waals surface area contributed by atoms with E-state index >= 15 is 0 Å². The van der Waals surface area contributed by atoms with Crippen LogP contribution in [0.5, 0.6) is 0 Å². The molecule has 0 aliphatic carbocycles. The van der Waals surface area contributed by atoms with Gasteiger partial charge in [0.25, 0.3) is 0 Å². The highest BCUT2D eigenvalue weighted by Crippen LogP contribution is 2.51. The van der Waals surface area contributed by atoms with Crippen LogP contribution in [-0.2, 0) is 19.1 Å². The molecular formula is C19H21NO3S2. The summed E-state index contributed by atoms with van der Waals surface area (Å²) in [6.45, 7) is 3.78. The number of allylic oxidation sites excluding steroid dienone is 1. The molecule has 1 aromatic rings. The molecule has 1 saturated heterocycles. The minimum absolute atomic E-state index is 0.0226. The lowest BCUT2D eigenvalue weighted by Gasteiger charge is -2.40. The monoisotopic (exact) mass is 375 g/mol. The molecule has 1 atom stereocenters. The van der Waals surface area contributed by atoms with E-state index in [1.807, 2.05) is 30.3 Å². The van der Waals surface area contributed by atoms with Crippen LogP contribution >= 0.6 is 23.5 Å². The minimum atomic E-state index is -0.827. The molecule has 0 bridgehead atoms. The molecule has 0 N–H and O–H groups in total. The van der Waals surface area contributed by atoms with E-state index in [2.05, 4.69) is 0 Å². The van der Waals surface area contributed by atoms with Gasteiger partial charge in [0.15, 0.2) is 5.78 Å². The number of rotatable bonds is 6. The average Bonchev–Trinajstić information content (AvgIpc) is 3.07. The Balaban J connectivity index is 2.06. The summed E-state index contributed by atoms with van der Waals surface area (Å²) in [5.74, 6) is 1.56. The predicted octanol–water partition coefficient (Wildman–Crippen LogP) is 3.37. The van der Waals surface area contributed by atoms with Gasteiger partial charge in [-0.3, -0.25) is 14.4 Å². The summed E-state index contributed by atoms with van der Waals surface area (Å²) >= 11 is 3.09. The minimum Gasteiger partial charge on any atom is -0.304 e. The quantitative estimate of drug-likeness (QED) is 0.763. The van der Waals surface area contributed by atoms with Crippen molar-refractivity contribution in [2.24, 2.45) is 0 Å². The van der Waals surface area contributed by atoms with E-state index < -0.39 is 4.75 Å². The van der Waals surface area contributed by atoms with Crippen molar-refractivity contribution >= 4 is 41.0 Å². The molecule has 0 radical (unpaired) electrons. The Bertz CT molecular complexity index is 744. The Morgan fingerprint density at radius 3 is 2.60 bits per heavy atom. The molecule has 1 amide bonds. The van der Waals surface area contributed by atoms with Crippen LogP contribution in [0.4, 0.5) is 0 Å². The third-order valence-electron chi connectivity index (χ3n) is 4.54. The first-order chi connectivity index (χ1) is 12.0. The van der Waals surface area contributed by atoms with Gasteiger partial charge in [-0.15, -0.1) is 23.5 Å². The van der Waals surface area contributed by atoms with E-state index in [4.69, 9.17) is 0 Å². The third-order valence-corrected chi connectivity index (χ3v) is 7.12. The summed E-state index contributed by atoms with van der Waals surface area (Å²) in [6, 6.07) is 9.65. The Kier molecular flexibility index (Phi) is 5.39. The number of benzene rings is 1. The predicted molar refractivity (Wildman–Crippen MR) is 102 cm³/mol. The Morgan fingerprint density at radius 1 is 1.24 bits per heavy atom. The Hall–Kier alpha value is -1.53. The first-order valence-electron chi connectivity index (χ1n) is 8.33. The number of hydrogen-bond donors (Lipinski definition) is 0. The zero-order valence-electron chi connectivity index (χ0n) is 14.4. The SMILES string of the molecule is CC(=O)CCS[C@@]1(c2ccccc2)CC(C(C)=O)=C2SCCN2C1=O. The summed E-state index contributed by atoms with van der Waals surface area (Å²) in [5, 5.41) is 0.830. The first-order valence-corrected chi connectivity index (χ1v) is 10.3. The van der Waals surface area contributed by atoms with Crippen LogP contribution < -0.4 is 0 Å². The summed E-state index contributed by atoms with van der Waals surface area (Å²) in [6.07, 6.45) is 0.819. The summed E-state index contributed by atoms with van der Waals surface area (Å²) < 4.78 is -0.827. The van der Waals surface area contributed by atoms with Crippen LogP contribution in [0.1, 0.15) is 32.3 Å². The fourth-order valence-corrected chi connectivity index (χ4v) is 5.96. The van der Waals surface area contributed by atoms with E-state index in [1.165, 1.54) is 11.8 Å². The van der Waals surface area contributed by atoms with Gasteiger partial charge in [-0.25, -0.2) is 0 Å². The van der Waals surface area contributed by atoms with E-state index in [9.17, 15) is 14.4 Å². The van der Waals surface area contributed by atoms with Gasteiger partial charge in [0.1, 0.15) is 10.5 Å². The molecule has 1 aromatic carbocycles. The van der Waals surface area contributed by atoms with Crippen molar-refractivity contribution < 1.29 is 14.4 Å². The number of carbonyl (C=O) groups is 3. The van der Waals surface area contributed by atoms with Crippen molar-refractivity contribution in [1.29, 1.82) is 0 Å². The fourth-order valence-electron chi connectivity index (χ4n) is 3.25. The van der Waals surface area contributed by atoms with Gasteiger partial charge in [-0.2, -0.15) is 0 Å². The van der Waals surface area contributed by atoms with Gasteiger partial charge < -0.3 is 4.90 Å². The smallest absolute Gasteiger partial charge is 0.248 e. The van der Waals surface area contributed by atoms with E-state index in [-0.39, 0.29) is 17.5 Å². The first kappa shape index (κ1) is 18.3. The molecule has 0 aromatic heterocycles. The Morgan fingerprint density at radius 2 is 1.96 bits per heavy atom. The maximum absolute atomic E-state index is 13.4. The second kappa shape index (κ2) is 7.38. The Labute approximate surface area is 156 Å². The molecule has 2 heterocycles. The number of fused-ring (bicyclic) bond motifs is 1. The lowest BCUT2D eigenvalue weighted by Crippen LogP contribution is -2.48. The number of carbonyl (C=O) groups excluding carboxylic acids is 3. The molecule has 0 saturated carbocycles. The van der Waals surface area contributed by atoms with Gasteiger partial charge in [0.2, 0.25) is 5.91 Å². The molecule has 6 heteroatoms. The third kappa shape index (κ3) is 3.42. The van der Waals surface area contributed by atoms with E-state index in [0.717, 1.165) is 21.9 Å². The highest BCUT2D eigenvalue weighted by atomic mass is 32.2. The van der Waals surface area contributed by atoms with Gasteiger partial charge in [-0.1, -0.05) is 30.3 Å². The van der Waals surface area contributed by atoms with Crippen LogP contribution in [0, 0.1) is 0 Å². The normalized spacial score (nSPS) is 23.0. The van der Waals surface area contributed by atoms with Crippen molar-refractivity contribution in [3.63, 3.8) is 0 Å². The number of nitrogens with zero attached hydrogens (tertiary/aromatic N) is 1. The second-order valence-electron chi connectivity index (χ2n) is 6.32. The van der Waals surface area contributed by atoms with Crippen LogP contribution in [0.2, 0.25) is 0 Å². The van der Waals surface area contributed by atoms with Crippen molar-refractivity contribution in [3.05, 3.63) is 46.5 Å². The maximum Gasteiger partial charge on any atom is 0.248 e. The highest BCUT2D eigenvalue weighted by Gasteiger charge is 2.50. The second-order valence-corrected chi connectivity index (χ2v) is 8.79. The molecule has 2 aliphatic rings. The van der Waals surface area contributed by atoms with E-state index in [1.54, 1.807) is 30.5 Å². The largest absolute Gasteiger partial charge is 0.304 e. The summed E-state index contributed by atoms with van der Waals surface area (Å²) in [5.41, 5.74) is 1.64. The zero-order valence-corrected chi connectivity index (χ0v) is 16.0. The summed E-state index contributed by atoms with van der Waals surface area (Å²) in [4.78, 5) is 38.9. The molecule has 2 aliphatic heterocycles. The number of amides is 1. The van der Waals surface area contributed by atoms with Crippen molar-refractivity contribution in [1.82, 2.24) is 4.90 Å². The molecule has 0 spiro atoms. The molecule has 25 heavy (non-hydrogen) atoms. The van der Waals surface area contributed by atoms with Crippen LogP contribution in [0.25, 0.3) is 0 Å². The molecular weight excluding hydrogens is 354 g/mol. The fraction of sp³-hybridized carbons (Fsp3) is 0.421. The van der Waals surface area contributed by atoms with Gasteiger partial charge in [-0.05, 0) is 19.4 Å². The van der Waals surface area contributed by atoms with Crippen molar-refractivity contribution in [3.8, 4) is 0 Å². The number of ketones is 2. The van der Waals surface area contributed by atoms with Gasteiger partial charge in [0.05, 0.1) is 5.03 Å². The van der Waals surface area contributed by atoms with Gasteiger partial charge in [0, 0.05) is 36.5 Å². The lowest BCUT2D eigenvalue weighted by molar-refractivity contribution is -0.132. The molecule has 132 valence electrons. The molecule has 0 unspecified atom stereocenters. The van der Waals surface area contributed by atoms with E-state index in [0.29, 0.717) is 25.1 Å². The van der Waals surface area contributed by atoms with Crippen LogP contribution in [0.3, 0.4) is 0 Å².